The maximum atomic E-state index is 12.5. The summed E-state index contributed by atoms with van der Waals surface area (Å²) in [6.45, 7) is 2.78. The largest absolute Gasteiger partial charge is 0.497 e. The summed E-state index contributed by atoms with van der Waals surface area (Å²) in [5.41, 5.74) is 2.00. The fourth-order valence-electron chi connectivity index (χ4n) is 3.00. The second-order valence-corrected chi connectivity index (χ2v) is 6.05. The lowest BCUT2D eigenvalue weighted by atomic mass is 10.0. The van der Waals surface area contributed by atoms with Crippen molar-refractivity contribution in [1.29, 1.82) is 0 Å². The van der Waals surface area contributed by atoms with Crippen LogP contribution in [0.5, 0.6) is 5.75 Å². The summed E-state index contributed by atoms with van der Waals surface area (Å²) in [6.07, 6.45) is 3.61. The van der Waals surface area contributed by atoms with Crippen LogP contribution in [0.4, 0.5) is 4.79 Å². The van der Waals surface area contributed by atoms with Crippen LogP contribution in [0.25, 0.3) is 6.08 Å². The van der Waals surface area contributed by atoms with Crippen LogP contribution in [0, 0.1) is 0 Å². The fraction of sp³-hybridized carbons (Fsp3) is 0.286. The second-order valence-electron chi connectivity index (χ2n) is 6.05. The van der Waals surface area contributed by atoms with E-state index < -0.39 is 0 Å². The molecule has 4 nitrogen and oxygen atoms in total. The van der Waals surface area contributed by atoms with Crippen LogP contribution >= 0.6 is 0 Å². The third-order valence-electron chi connectivity index (χ3n) is 4.29. The number of amides is 1. The quantitative estimate of drug-likeness (QED) is 0.742. The molecule has 0 radical (unpaired) electrons. The molecule has 1 atom stereocenters. The Morgan fingerprint density at radius 1 is 1.16 bits per heavy atom. The van der Waals surface area contributed by atoms with Gasteiger partial charge in [-0.05, 0) is 35.8 Å². The van der Waals surface area contributed by atoms with Gasteiger partial charge in [0.15, 0.2) is 0 Å². The molecular formula is C21H23NO3. The van der Waals surface area contributed by atoms with Crippen LogP contribution in [0.1, 0.15) is 36.9 Å². The molecule has 25 heavy (non-hydrogen) atoms. The average molecular weight is 337 g/mol. The lowest BCUT2D eigenvalue weighted by Crippen LogP contribution is -2.28. The summed E-state index contributed by atoms with van der Waals surface area (Å²) < 4.78 is 11.0. The number of methoxy groups -OCH3 is 1. The number of hydrogen-bond donors (Lipinski definition) is 0. The van der Waals surface area contributed by atoms with E-state index in [-0.39, 0.29) is 12.1 Å². The molecule has 2 aromatic rings. The third kappa shape index (κ3) is 3.85. The van der Waals surface area contributed by atoms with Crippen molar-refractivity contribution in [2.45, 2.75) is 25.8 Å². The maximum absolute atomic E-state index is 12.5. The van der Waals surface area contributed by atoms with Gasteiger partial charge in [-0.2, -0.15) is 0 Å². The first-order valence-corrected chi connectivity index (χ1v) is 8.62. The van der Waals surface area contributed by atoms with E-state index in [0.717, 1.165) is 29.7 Å². The van der Waals surface area contributed by atoms with Crippen LogP contribution in [-0.2, 0) is 4.74 Å². The number of unbranched alkanes of at least 4 members (excludes halogenated alkanes) is 1. The summed E-state index contributed by atoms with van der Waals surface area (Å²) in [6, 6.07) is 17.5. The van der Waals surface area contributed by atoms with Gasteiger partial charge in [0.05, 0.1) is 7.11 Å². The minimum atomic E-state index is -0.288. The first kappa shape index (κ1) is 17.1. The maximum Gasteiger partial charge on any atom is 0.415 e. The standard InChI is InChI=1S/C21H23NO3/c1-3-4-13-22-20(17-11-8-12-18(15-17)24-2)19(25-21(22)23)14-16-9-6-5-7-10-16/h5-12,14-15,20H,3-4,13H2,1-2H3. The zero-order valence-electron chi connectivity index (χ0n) is 14.6. The van der Waals surface area contributed by atoms with Gasteiger partial charge >= 0.3 is 6.09 Å². The van der Waals surface area contributed by atoms with Gasteiger partial charge in [-0.3, -0.25) is 4.90 Å². The van der Waals surface area contributed by atoms with E-state index in [2.05, 4.69) is 6.92 Å². The predicted octanol–water partition coefficient (Wildman–Crippen LogP) is 5.03. The molecule has 0 N–H and O–H groups in total. The topological polar surface area (TPSA) is 38.8 Å². The smallest absolute Gasteiger partial charge is 0.415 e. The van der Waals surface area contributed by atoms with E-state index in [1.807, 2.05) is 60.7 Å². The molecule has 1 saturated heterocycles. The predicted molar refractivity (Wildman–Crippen MR) is 98.2 cm³/mol. The molecule has 0 bridgehead atoms. The summed E-state index contributed by atoms with van der Waals surface area (Å²) in [7, 11) is 1.64. The Kier molecular flexibility index (Phi) is 5.39. The summed E-state index contributed by atoms with van der Waals surface area (Å²) in [5.74, 6) is 1.42. The number of rotatable bonds is 6. The van der Waals surface area contributed by atoms with Crippen molar-refractivity contribution in [1.82, 2.24) is 4.90 Å². The molecule has 1 fully saturated rings. The van der Waals surface area contributed by atoms with Gasteiger partial charge in [0.2, 0.25) is 0 Å². The molecule has 1 unspecified atom stereocenters. The molecule has 1 aliphatic heterocycles. The van der Waals surface area contributed by atoms with Gasteiger partial charge in [-0.15, -0.1) is 0 Å². The van der Waals surface area contributed by atoms with Gasteiger partial charge in [-0.1, -0.05) is 55.8 Å². The van der Waals surface area contributed by atoms with Crippen molar-refractivity contribution >= 4 is 12.2 Å². The van der Waals surface area contributed by atoms with Crippen molar-refractivity contribution < 1.29 is 14.3 Å². The molecular weight excluding hydrogens is 314 g/mol. The molecule has 3 rings (SSSR count). The summed E-state index contributed by atoms with van der Waals surface area (Å²) in [4.78, 5) is 14.2. The Labute approximate surface area is 148 Å². The number of carbonyl (C=O) groups is 1. The molecule has 4 heteroatoms. The Bertz CT molecular complexity index is 755. The highest BCUT2D eigenvalue weighted by molar-refractivity contribution is 5.76. The van der Waals surface area contributed by atoms with Crippen LogP contribution < -0.4 is 4.74 Å². The Morgan fingerprint density at radius 2 is 1.96 bits per heavy atom. The van der Waals surface area contributed by atoms with Gasteiger partial charge < -0.3 is 9.47 Å². The number of nitrogens with zero attached hydrogens (tertiary/aromatic N) is 1. The summed E-state index contributed by atoms with van der Waals surface area (Å²) >= 11 is 0. The lowest BCUT2D eigenvalue weighted by molar-refractivity contribution is 0.164. The number of benzene rings is 2. The van der Waals surface area contributed by atoms with Crippen molar-refractivity contribution in [2.75, 3.05) is 13.7 Å². The second kappa shape index (κ2) is 7.88. The van der Waals surface area contributed by atoms with Crippen molar-refractivity contribution in [3.8, 4) is 5.75 Å². The Morgan fingerprint density at radius 3 is 2.68 bits per heavy atom. The lowest BCUT2D eigenvalue weighted by Gasteiger charge is -2.22. The van der Waals surface area contributed by atoms with Crippen LogP contribution in [0.15, 0.2) is 60.4 Å². The van der Waals surface area contributed by atoms with Crippen LogP contribution in [0.2, 0.25) is 0 Å². The fourth-order valence-corrected chi connectivity index (χ4v) is 3.00. The average Bonchev–Trinajstić information content (AvgIpc) is 2.95. The van der Waals surface area contributed by atoms with E-state index in [1.54, 1.807) is 12.0 Å². The highest BCUT2D eigenvalue weighted by Crippen LogP contribution is 2.38. The van der Waals surface area contributed by atoms with E-state index in [0.29, 0.717) is 12.3 Å². The molecule has 1 heterocycles. The number of cyclic esters (lactones) is 1. The molecule has 130 valence electrons. The van der Waals surface area contributed by atoms with E-state index >= 15 is 0 Å². The number of carbonyl (C=O) groups excluding carboxylic acids is 1. The highest BCUT2D eigenvalue weighted by Gasteiger charge is 2.38. The van der Waals surface area contributed by atoms with Crippen molar-refractivity contribution in [3.63, 3.8) is 0 Å². The molecule has 2 aromatic carbocycles. The number of hydrogen-bond acceptors (Lipinski definition) is 3. The first-order chi connectivity index (χ1) is 12.2. The monoisotopic (exact) mass is 337 g/mol. The SMILES string of the molecule is CCCCN1C(=O)OC(=Cc2ccccc2)C1c1cccc(OC)c1. The molecule has 1 aliphatic rings. The first-order valence-electron chi connectivity index (χ1n) is 8.62. The van der Waals surface area contributed by atoms with Crippen LogP contribution in [-0.4, -0.2) is 24.6 Å². The molecule has 0 aliphatic carbocycles. The van der Waals surface area contributed by atoms with E-state index in [1.165, 1.54) is 0 Å². The highest BCUT2D eigenvalue weighted by atomic mass is 16.6. The molecule has 0 spiro atoms. The van der Waals surface area contributed by atoms with Crippen molar-refractivity contribution in [2.24, 2.45) is 0 Å². The van der Waals surface area contributed by atoms with Crippen LogP contribution in [0.3, 0.4) is 0 Å². The Hall–Kier alpha value is -2.75. The van der Waals surface area contributed by atoms with Gasteiger partial charge in [0.25, 0.3) is 0 Å². The summed E-state index contributed by atoms with van der Waals surface area (Å²) in [5, 5.41) is 0. The zero-order chi connectivity index (χ0) is 17.6. The van der Waals surface area contributed by atoms with E-state index in [9.17, 15) is 4.79 Å². The van der Waals surface area contributed by atoms with Gasteiger partial charge in [0, 0.05) is 6.54 Å². The van der Waals surface area contributed by atoms with E-state index in [4.69, 9.17) is 9.47 Å². The zero-order valence-corrected chi connectivity index (χ0v) is 14.6. The third-order valence-corrected chi connectivity index (χ3v) is 4.29. The van der Waals surface area contributed by atoms with Crippen molar-refractivity contribution in [3.05, 3.63) is 71.5 Å². The minimum absolute atomic E-state index is 0.227. The Balaban J connectivity index is 2.01. The number of ether oxygens (including phenoxy) is 2. The molecule has 1 amide bonds. The minimum Gasteiger partial charge on any atom is -0.497 e. The molecule has 0 saturated carbocycles. The normalized spacial score (nSPS) is 18.5. The van der Waals surface area contributed by atoms with Gasteiger partial charge in [-0.25, -0.2) is 4.79 Å². The van der Waals surface area contributed by atoms with Gasteiger partial charge in [0.1, 0.15) is 17.6 Å². The molecule has 0 aromatic heterocycles.